The Labute approximate surface area is 191 Å². The predicted molar refractivity (Wildman–Crippen MR) is 124 cm³/mol. The first-order chi connectivity index (χ1) is 15.8. The molecule has 0 fully saturated rings. The lowest BCUT2D eigenvalue weighted by molar-refractivity contribution is 0.269. The summed E-state index contributed by atoms with van der Waals surface area (Å²) in [5.74, 6) is -0.423. The first-order valence-electron chi connectivity index (χ1n) is 10.2. The number of aromatic nitrogens is 2. The molecule has 3 aromatic carbocycles. The number of hydrogen-bond donors (Lipinski definition) is 1. The van der Waals surface area contributed by atoms with Crippen molar-refractivity contribution in [1.29, 1.82) is 0 Å². The Balaban J connectivity index is 1.91. The van der Waals surface area contributed by atoms with Gasteiger partial charge in [-0.15, -0.1) is 0 Å². The number of rotatable bonds is 7. The molecule has 0 spiro atoms. The standard InChI is InChI=1S/C25H23FN2O4S/c1-32-23-13-10-19(14-21(23)26)24-22(16-29)28(15-17-6-4-3-5-7-17)27-25(24)18-8-11-20(12-9-18)33(2,30)31/h3-14,29H,15-16H2,1-2H3. The molecule has 0 aliphatic heterocycles. The molecule has 0 bridgehead atoms. The van der Waals surface area contributed by atoms with E-state index in [1.54, 1.807) is 22.9 Å². The van der Waals surface area contributed by atoms with Crippen molar-refractivity contribution in [3.05, 3.63) is 89.9 Å². The molecule has 6 nitrogen and oxygen atoms in total. The van der Waals surface area contributed by atoms with Crippen molar-refractivity contribution in [2.45, 2.75) is 18.0 Å². The Kier molecular flexibility index (Phi) is 6.31. The van der Waals surface area contributed by atoms with E-state index >= 15 is 0 Å². The molecule has 8 heteroatoms. The van der Waals surface area contributed by atoms with Crippen LogP contribution >= 0.6 is 0 Å². The summed E-state index contributed by atoms with van der Waals surface area (Å²) >= 11 is 0. The minimum absolute atomic E-state index is 0.111. The lowest BCUT2D eigenvalue weighted by Gasteiger charge is -2.10. The van der Waals surface area contributed by atoms with Gasteiger partial charge in [0.2, 0.25) is 0 Å². The monoisotopic (exact) mass is 466 g/mol. The average Bonchev–Trinajstić information content (AvgIpc) is 3.17. The highest BCUT2D eigenvalue weighted by molar-refractivity contribution is 7.90. The molecule has 33 heavy (non-hydrogen) atoms. The number of aliphatic hydroxyl groups is 1. The van der Waals surface area contributed by atoms with Crippen LogP contribution in [0, 0.1) is 5.82 Å². The Bertz CT molecular complexity index is 1380. The van der Waals surface area contributed by atoms with E-state index in [2.05, 4.69) is 0 Å². The fraction of sp³-hybridized carbons (Fsp3) is 0.160. The molecule has 170 valence electrons. The summed E-state index contributed by atoms with van der Waals surface area (Å²) in [7, 11) is -1.96. The summed E-state index contributed by atoms with van der Waals surface area (Å²) in [6.45, 7) is 0.0913. The molecule has 1 aromatic heterocycles. The summed E-state index contributed by atoms with van der Waals surface area (Å²) < 4.78 is 45.0. The third kappa shape index (κ3) is 4.67. The van der Waals surface area contributed by atoms with Gasteiger partial charge in [-0.25, -0.2) is 12.8 Å². The molecule has 0 atom stereocenters. The lowest BCUT2D eigenvalue weighted by atomic mass is 9.98. The van der Waals surface area contributed by atoms with Crippen LogP contribution in [-0.4, -0.2) is 36.7 Å². The molecule has 0 radical (unpaired) electrons. The van der Waals surface area contributed by atoms with Crippen LogP contribution in [0.1, 0.15) is 11.3 Å². The normalized spacial score (nSPS) is 11.5. The average molecular weight is 467 g/mol. The van der Waals surface area contributed by atoms with E-state index in [4.69, 9.17) is 9.84 Å². The quantitative estimate of drug-likeness (QED) is 0.439. The fourth-order valence-corrected chi connectivity index (χ4v) is 4.36. The second-order valence-corrected chi connectivity index (χ2v) is 9.63. The van der Waals surface area contributed by atoms with E-state index in [1.807, 2.05) is 30.3 Å². The Morgan fingerprint density at radius 2 is 1.67 bits per heavy atom. The third-order valence-corrected chi connectivity index (χ3v) is 6.51. The highest BCUT2D eigenvalue weighted by Gasteiger charge is 2.22. The van der Waals surface area contributed by atoms with Crippen molar-refractivity contribution in [3.63, 3.8) is 0 Å². The molecule has 0 unspecified atom stereocenters. The van der Waals surface area contributed by atoms with Crippen LogP contribution in [0.15, 0.2) is 77.7 Å². The van der Waals surface area contributed by atoms with E-state index in [0.29, 0.717) is 34.6 Å². The van der Waals surface area contributed by atoms with Crippen molar-refractivity contribution in [2.24, 2.45) is 0 Å². The van der Waals surface area contributed by atoms with Gasteiger partial charge in [-0.1, -0.05) is 48.5 Å². The van der Waals surface area contributed by atoms with Crippen LogP contribution < -0.4 is 4.74 Å². The van der Waals surface area contributed by atoms with Crippen LogP contribution in [0.2, 0.25) is 0 Å². The maximum Gasteiger partial charge on any atom is 0.175 e. The second-order valence-electron chi connectivity index (χ2n) is 7.62. The zero-order chi connectivity index (χ0) is 23.6. The van der Waals surface area contributed by atoms with Crippen molar-refractivity contribution in [1.82, 2.24) is 9.78 Å². The van der Waals surface area contributed by atoms with E-state index in [-0.39, 0.29) is 17.3 Å². The lowest BCUT2D eigenvalue weighted by Crippen LogP contribution is -2.06. The first kappa shape index (κ1) is 22.7. The van der Waals surface area contributed by atoms with Gasteiger partial charge in [0.1, 0.15) is 5.69 Å². The van der Waals surface area contributed by atoms with Gasteiger partial charge in [-0.3, -0.25) is 4.68 Å². The van der Waals surface area contributed by atoms with Crippen molar-refractivity contribution >= 4 is 9.84 Å². The Morgan fingerprint density at radius 3 is 2.24 bits per heavy atom. The van der Waals surface area contributed by atoms with Crippen molar-refractivity contribution in [3.8, 4) is 28.1 Å². The van der Waals surface area contributed by atoms with Crippen LogP contribution in [-0.2, 0) is 23.0 Å². The maximum atomic E-state index is 14.6. The largest absolute Gasteiger partial charge is 0.494 e. The highest BCUT2D eigenvalue weighted by atomic mass is 32.2. The summed E-state index contributed by atoms with van der Waals surface area (Å²) in [4.78, 5) is 0.189. The second kappa shape index (κ2) is 9.17. The molecule has 0 amide bonds. The van der Waals surface area contributed by atoms with Crippen LogP contribution in [0.25, 0.3) is 22.4 Å². The van der Waals surface area contributed by atoms with Gasteiger partial charge >= 0.3 is 0 Å². The van der Waals surface area contributed by atoms with E-state index in [9.17, 15) is 17.9 Å². The molecular weight excluding hydrogens is 443 g/mol. The van der Waals surface area contributed by atoms with Crippen molar-refractivity contribution < 1.29 is 22.7 Å². The number of nitrogens with zero attached hydrogens (tertiary/aromatic N) is 2. The summed E-state index contributed by atoms with van der Waals surface area (Å²) in [5.41, 5.74) is 3.77. The van der Waals surface area contributed by atoms with Gasteiger partial charge in [-0.2, -0.15) is 5.10 Å². The van der Waals surface area contributed by atoms with Crippen LogP contribution in [0.5, 0.6) is 5.75 Å². The molecule has 0 saturated carbocycles. The number of methoxy groups -OCH3 is 1. The molecule has 4 rings (SSSR count). The SMILES string of the molecule is COc1ccc(-c2c(-c3ccc(S(C)(=O)=O)cc3)nn(Cc3ccccc3)c2CO)cc1F. The smallest absolute Gasteiger partial charge is 0.175 e. The number of halogens is 1. The van der Waals surface area contributed by atoms with Gasteiger partial charge in [0.15, 0.2) is 21.4 Å². The summed E-state index contributed by atoms with van der Waals surface area (Å²) in [6.07, 6.45) is 1.14. The molecule has 1 N–H and O–H groups in total. The van der Waals surface area contributed by atoms with Crippen molar-refractivity contribution in [2.75, 3.05) is 13.4 Å². The number of hydrogen-bond acceptors (Lipinski definition) is 5. The molecular formula is C25H23FN2O4S. The van der Waals surface area contributed by atoms with Gasteiger partial charge in [0, 0.05) is 17.4 Å². The van der Waals surface area contributed by atoms with Crippen LogP contribution in [0.4, 0.5) is 4.39 Å². The number of ether oxygens (including phenoxy) is 1. The van der Waals surface area contributed by atoms with Crippen LogP contribution in [0.3, 0.4) is 0 Å². The topological polar surface area (TPSA) is 81.4 Å². The van der Waals surface area contributed by atoms with Gasteiger partial charge < -0.3 is 9.84 Å². The third-order valence-electron chi connectivity index (χ3n) is 5.38. The van der Waals surface area contributed by atoms with E-state index < -0.39 is 15.7 Å². The molecule has 0 saturated heterocycles. The first-order valence-corrected chi connectivity index (χ1v) is 12.1. The van der Waals surface area contributed by atoms with Gasteiger partial charge in [0.25, 0.3) is 0 Å². The summed E-state index contributed by atoms with van der Waals surface area (Å²) in [6, 6.07) is 20.6. The molecule has 4 aromatic rings. The predicted octanol–water partition coefficient (Wildman–Crippen LogP) is 4.31. The minimum Gasteiger partial charge on any atom is -0.494 e. The van der Waals surface area contributed by atoms with E-state index in [1.165, 1.54) is 31.4 Å². The molecule has 1 heterocycles. The molecule has 0 aliphatic carbocycles. The highest BCUT2D eigenvalue weighted by Crippen LogP contribution is 2.37. The van der Waals surface area contributed by atoms with Gasteiger partial charge in [0.05, 0.1) is 30.9 Å². The number of sulfone groups is 1. The summed E-state index contributed by atoms with van der Waals surface area (Å²) in [5, 5.41) is 15.0. The Morgan fingerprint density at radius 1 is 1.00 bits per heavy atom. The fourth-order valence-electron chi connectivity index (χ4n) is 3.73. The zero-order valence-corrected chi connectivity index (χ0v) is 19.0. The number of aliphatic hydroxyl groups excluding tert-OH is 1. The Hall–Kier alpha value is -3.49. The van der Waals surface area contributed by atoms with E-state index in [0.717, 1.165) is 11.8 Å². The minimum atomic E-state index is -3.35. The zero-order valence-electron chi connectivity index (χ0n) is 18.2. The number of benzene rings is 3. The maximum absolute atomic E-state index is 14.6. The van der Waals surface area contributed by atoms with Gasteiger partial charge in [-0.05, 0) is 35.4 Å². The molecule has 0 aliphatic rings.